The van der Waals surface area contributed by atoms with E-state index in [-0.39, 0.29) is 12.2 Å². The molecule has 0 bridgehead atoms. The molecule has 0 aliphatic rings. The molecule has 0 aliphatic heterocycles. The van der Waals surface area contributed by atoms with Gasteiger partial charge in [-0.1, -0.05) is 18.2 Å². The molecule has 1 N–H and O–H groups in total. The fraction of sp³-hybridized carbons (Fsp3) is 0.227. The number of hydrogen-bond acceptors (Lipinski definition) is 6. The molecule has 1 heterocycles. The zero-order valence-electron chi connectivity index (χ0n) is 17.3. The first kappa shape index (κ1) is 20.9. The van der Waals surface area contributed by atoms with Gasteiger partial charge in [-0.25, -0.2) is 4.68 Å². The summed E-state index contributed by atoms with van der Waals surface area (Å²) in [5, 5.41) is 7.00. The fourth-order valence-corrected chi connectivity index (χ4v) is 3.04. The van der Waals surface area contributed by atoms with Gasteiger partial charge in [0.1, 0.15) is 0 Å². The SMILES string of the molecule is COc1cc(CNC(=O)c2nn(-c3ccccc3)c(C)cc2=O)cc(OC)c1OC. The largest absolute Gasteiger partial charge is 0.493 e. The normalized spacial score (nSPS) is 10.4. The summed E-state index contributed by atoms with van der Waals surface area (Å²) in [5.41, 5.74) is 1.48. The molecule has 0 fully saturated rings. The first-order valence-electron chi connectivity index (χ1n) is 9.22. The zero-order valence-corrected chi connectivity index (χ0v) is 17.3. The number of ether oxygens (including phenoxy) is 3. The van der Waals surface area contributed by atoms with Gasteiger partial charge in [-0.05, 0) is 36.8 Å². The Labute approximate surface area is 174 Å². The minimum atomic E-state index is -0.571. The second kappa shape index (κ2) is 9.13. The Morgan fingerprint density at radius 3 is 2.20 bits per heavy atom. The van der Waals surface area contributed by atoms with E-state index in [0.29, 0.717) is 28.5 Å². The molecule has 156 valence electrons. The molecular weight excluding hydrogens is 386 g/mol. The Kier molecular flexibility index (Phi) is 6.36. The van der Waals surface area contributed by atoms with Gasteiger partial charge in [-0.3, -0.25) is 9.59 Å². The van der Waals surface area contributed by atoms with Crippen molar-refractivity contribution in [2.45, 2.75) is 13.5 Å². The number of para-hydroxylation sites is 1. The van der Waals surface area contributed by atoms with Crippen LogP contribution in [0.5, 0.6) is 17.2 Å². The highest BCUT2D eigenvalue weighted by Gasteiger charge is 2.17. The Morgan fingerprint density at radius 1 is 1.00 bits per heavy atom. The standard InChI is InChI=1S/C22H23N3O5/c1-14-10-17(26)20(24-25(14)16-8-6-5-7-9-16)22(27)23-13-15-11-18(28-2)21(30-4)19(12-15)29-3/h5-12H,13H2,1-4H3,(H,23,27). The number of hydrogen-bond donors (Lipinski definition) is 1. The number of carbonyl (C=O) groups excluding carboxylic acids is 1. The van der Waals surface area contributed by atoms with Crippen LogP contribution in [0.2, 0.25) is 0 Å². The lowest BCUT2D eigenvalue weighted by Crippen LogP contribution is -2.31. The van der Waals surface area contributed by atoms with Crippen molar-refractivity contribution in [3.63, 3.8) is 0 Å². The summed E-state index contributed by atoms with van der Waals surface area (Å²) < 4.78 is 17.5. The summed E-state index contributed by atoms with van der Waals surface area (Å²) in [6.45, 7) is 1.91. The molecule has 8 nitrogen and oxygen atoms in total. The highest BCUT2D eigenvalue weighted by molar-refractivity contribution is 5.92. The molecule has 3 rings (SSSR count). The van der Waals surface area contributed by atoms with Gasteiger partial charge in [-0.15, -0.1) is 0 Å². The number of carbonyl (C=O) groups is 1. The van der Waals surface area contributed by atoms with Gasteiger partial charge in [0.25, 0.3) is 5.91 Å². The second-order valence-corrected chi connectivity index (χ2v) is 6.46. The van der Waals surface area contributed by atoms with Crippen LogP contribution in [0.3, 0.4) is 0 Å². The van der Waals surface area contributed by atoms with Crippen molar-refractivity contribution in [3.8, 4) is 22.9 Å². The summed E-state index contributed by atoms with van der Waals surface area (Å²) in [6.07, 6.45) is 0. The van der Waals surface area contributed by atoms with Crippen LogP contribution < -0.4 is 25.0 Å². The topological polar surface area (TPSA) is 91.7 Å². The molecule has 0 aliphatic carbocycles. The molecule has 3 aromatic rings. The highest BCUT2D eigenvalue weighted by atomic mass is 16.5. The van der Waals surface area contributed by atoms with Crippen LogP contribution in [-0.4, -0.2) is 37.0 Å². The minimum Gasteiger partial charge on any atom is -0.493 e. The van der Waals surface area contributed by atoms with E-state index in [4.69, 9.17) is 14.2 Å². The maximum atomic E-state index is 12.7. The summed E-state index contributed by atoms with van der Waals surface area (Å²) in [4.78, 5) is 25.1. The number of nitrogens with one attached hydrogen (secondary N) is 1. The lowest BCUT2D eigenvalue weighted by molar-refractivity contribution is 0.0943. The molecule has 1 aromatic heterocycles. The maximum absolute atomic E-state index is 12.7. The van der Waals surface area contributed by atoms with E-state index in [0.717, 1.165) is 5.69 Å². The van der Waals surface area contributed by atoms with Crippen molar-refractivity contribution in [1.29, 1.82) is 0 Å². The van der Waals surface area contributed by atoms with Crippen molar-refractivity contribution >= 4 is 5.91 Å². The molecule has 2 aromatic carbocycles. The summed E-state index contributed by atoms with van der Waals surface area (Å²) in [7, 11) is 4.55. The van der Waals surface area contributed by atoms with Crippen LogP contribution in [0.1, 0.15) is 21.7 Å². The van der Waals surface area contributed by atoms with Crippen LogP contribution >= 0.6 is 0 Å². The summed E-state index contributed by atoms with van der Waals surface area (Å²) >= 11 is 0. The van der Waals surface area contributed by atoms with Crippen molar-refractivity contribution in [3.05, 3.63) is 75.7 Å². The Morgan fingerprint density at radius 2 is 1.63 bits per heavy atom. The van der Waals surface area contributed by atoms with Crippen LogP contribution in [0, 0.1) is 6.92 Å². The average Bonchev–Trinajstić information content (AvgIpc) is 2.77. The van der Waals surface area contributed by atoms with Gasteiger partial charge < -0.3 is 19.5 Å². The first-order chi connectivity index (χ1) is 14.5. The number of amides is 1. The lowest BCUT2D eigenvalue weighted by Gasteiger charge is -2.14. The van der Waals surface area contributed by atoms with Gasteiger partial charge in [0.2, 0.25) is 11.2 Å². The predicted molar refractivity (Wildman–Crippen MR) is 112 cm³/mol. The van der Waals surface area contributed by atoms with E-state index in [9.17, 15) is 9.59 Å². The molecule has 0 saturated carbocycles. The number of rotatable bonds is 7. The van der Waals surface area contributed by atoms with Crippen LogP contribution in [0.4, 0.5) is 0 Å². The zero-order chi connectivity index (χ0) is 21.7. The molecule has 0 saturated heterocycles. The Bertz CT molecular complexity index is 1080. The monoisotopic (exact) mass is 409 g/mol. The molecule has 8 heteroatoms. The summed E-state index contributed by atoms with van der Waals surface area (Å²) in [5.74, 6) is 0.835. The molecule has 0 spiro atoms. The third-order valence-corrected chi connectivity index (χ3v) is 4.50. The van der Waals surface area contributed by atoms with Crippen LogP contribution in [0.15, 0.2) is 53.3 Å². The minimum absolute atomic E-state index is 0.149. The summed E-state index contributed by atoms with van der Waals surface area (Å²) in [6, 6.07) is 14.2. The smallest absolute Gasteiger partial charge is 0.276 e. The van der Waals surface area contributed by atoms with Crippen molar-refractivity contribution in [1.82, 2.24) is 15.1 Å². The Balaban J connectivity index is 1.86. The molecule has 30 heavy (non-hydrogen) atoms. The third-order valence-electron chi connectivity index (χ3n) is 4.50. The number of aromatic nitrogens is 2. The van der Waals surface area contributed by atoms with E-state index in [2.05, 4.69) is 10.4 Å². The molecule has 0 atom stereocenters. The van der Waals surface area contributed by atoms with Crippen LogP contribution in [-0.2, 0) is 6.54 Å². The number of benzene rings is 2. The number of nitrogens with zero attached hydrogens (tertiary/aromatic N) is 2. The van der Waals surface area contributed by atoms with Gasteiger partial charge in [-0.2, -0.15) is 5.10 Å². The van der Waals surface area contributed by atoms with Gasteiger partial charge in [0.15, 0.2) is 17.2 Å². The molecule has 1 amide bonds. The van der Waals surface area contributed by atoms with Crippen molar-refractivity contribution < 1.29 is 19.0 Å². The first-order valence-corrected chi connectivity index (χ1v) is 9.22. The second-order valence-electron chi connectivity index (χ2n) is 6.46. The van der Waals surface area contributed by atoms with Gasteiger partial charge in [0, 0.05) is 18.3 Å². The molecular formula is C22H23N3O5. The van der Waals surface area contributed by atoms with Crippen molar-refractivity contribution in [2.24, 2.45) is 0 Å². The van der Waals surface area contributed by atoms with Crippen LogP contribution in [0.25, 0.3) is 5.69 Å². The van der Waals surface area contributed by atoms with Gasteiger partial charge >= 0.3 is 0 Å². The van der Waals surface area contributed by atoms with E-state index >= 15 is 0 Å². The van der Waals surface area contributed by atoms with E-state index < -0.39 is 11.3 Å². The van der Waals surface area contributed by atoms with E-state index in [1.54, 1.807) is 23.7 Å². The number of methoxy groups -OCH3 is 3. The average molecular weight is 409 g/mol. The Hall–Kier alpha value is -3.81. The van der Waals surface area contributed by atoms with E-state index in [1.165, 1.54) is 27.4 Å². The number of aryl methyl sites for hydroxylation is 1. The van der Waals surface area contributed by atoms with Crippen molar-refractivity contribution in [2.75, 3.05) is 21.3 Å². The predicted octanol–water partition coefficient (Wildman–Crippen LogP) is 2.50. The van der Waals surface area contributed by atoms with E-state index in [1.807, 2.05) is 30.3 Å². The highest BCUT2D eigenvalue weighted by Crippen LogP contribution is 2.38. The fourth-order valence-electron chi connectivity index (χ4n) is 3.04. The van der Waals surface area contributed by atoms with Gasteiger partial charge in [0.05, 0.1) is 27.0 Å². The maximum Gasteiger partial charge on any atom is 0.276 e. The quantitative estimate of drug-likeness (QED) is 0.645. The molecule has 0 radical (unpaired) electrons. The third kappa shape index (κ3) is 4.27. The molecule has 0 unspecified atom stereocenters. The lowest BCUT2D eigenvalue weighted by atomic mass is 10.1.